The van der Waals surface area contributed by atoms with Gasteiger partial charge < -0.3 is 19.4 Å². The minimum Gasteiger partial charge on any atom is -0.456 e. The van der Waals surface area contributed by atoms with Gasteiger partial charge in [0.25, 0.3) is 0 Å². The molecular weight excluding hydrogens is 1000 g/mol. The lowest BCUT2D eigenvalue weighted by atomic mass is 10.0. The van der Waals surface area contributed by atoms with E-state index in [1.807, 2.05) is 33.3 Å². The average molecular weight is 1130 g/mol. The molecule has 10 heteroatoms. The highest BCUT2D eigenvalue weighted by Gasteiger charge is 2.30. The molecule has 0 aromatic carbocycles. The Morgan fingerprint density at radius 3 is 1.23 bits per heavy atom. The average Bonchev–Trinajstić information content (AvgIpc) is 3.41. The summed E-state index contributed by atoms with van der Waals surface area (Å²) in [5.41, 5.74) is 0. The number of hydrogen-bond donors (Lipinski definition) is 2. The van der Waals surface area contributed by atoms with Crippen molar-refractivity contribution < 1.29 is 37.3 Å². The Labute approximate surface area is 488 Å². The van der Waals surface area contributed by atoms with Crippen molar-refractivity contribution in [2.24, 2.45) is 0 Å². The number of carbonyl (C=O) groups excluding carboxylic acids is 2. The number of unbranched alkanes of at least 4 members (excludes halogenated alkanes) is 31. The highest BCUT2D eigenvalue weighted by molar-refractivity contribution is 7.47. The predicted octanol–water partition coefficient (Wildman–Crippen LogP) is 20.6. The van der Waals surface area contributed by atoms with E-state index in [2.05, 4.69) is 99.0 Å². The van der Waals surface area contributed by atoms with Crippen LogP contribution in [0.25, 0.3) is 0 Å². The molecular formula is C69H126N2O7P+. The number of allylic oxidation sites excluding steroid dienone is 13. The molecule has 0 bridgehead atoms. The van der Waals surface area contributed by atoms with Crippen molar-refractivity contribution in [2.45, 2.75) is 303 Å². The first-order valence-corrected chi connectivity index (χ1v) is 34.4. The number of phosphoric acid groups is 1. The van der Waals surface area contributed by atoms with Crippen molar-refractivity contribution in [3.63, 3.8) is 0 Å². The van der Waals surface area contributed by atoms with Crippen LogP contribution in [0, 0.1) is 0 Å². The number of phosphoric ester groups is 1. The van der Waals surface area contributed by atoms with E-state index in [-0.39, 0.29) is 37.9 Å². The van der Waals surface area contributed by atoms with E-state index in [4.69, 9.17) is 13.8 Å². The third-order valence-electron chi connectivity index (χ3n) is 14.3. The Morgan fingerprint density at radius 1 is 0.456 bits per heavy atom. The normalized spacial score (nSPS) is 14.2. The van der Waals surface area contributed by atoms with Gasteiger partial charge in [-0.2, -0.15) is 0 Å². The number of quaternary nitrogens is 1. The summed E-state index contributed by atoms with van der Waals surface area (Å²) in [5, 5.41) is 3.04. The summed E-state index contributed by atoms with van der Waals surface area (Å²) in [6, 6.07) is -0.874. The van der Waals surface area contributed by atoms with E-state index in [0.29, 0.717) is 17.4 Å². The Balaban J connectivity index is 5.30. The van der Waals surface area contributed by atoms with E-state index in [1.54, 1.807) is 0 Å². The molecule has 0 saturated carbocycles. The summed E-state index contributed by atoms with van der Waals surface area (Å²) < 4.78 is 30.7. The lowest BCUT2D eigenvalue weighted by molar-refractivity contribution is -0.870. The van der Waals surface area contributed by atoms with Crippen LogP contribution in [0.4, 0.5) is 0 Å². The summed E-state index contributed by atoms with van der Waals surface area (Å²) in [4.78, 5) is 37.8. The van der Waals surface area contributed by atoms with Crippen LogP contribution >= 0.6 is 7.82 Å². The number of likely N-dealkylation sites (N-methyl/N-ethyl adjacent to an activating group) is 1. The zero-order chi connectivity index (χ0) is 57.9. The SMILES string of the molecule is CC/C=C\C/C=C\C/C=C\C/C=C\C/C=C\C/C=C\CCCCC(=O)NC(COP(=O)(O)OCC[N+](C)(C)C)C(/C=C/CCCCCCCCCCCCC)OC(=O)CCCCCCCCCCCCCCCCCCCCC. The summed E-state index contributed by atoms with van der Waals surface area (Å²) in [5.74, 6) is -0.549. The number of hydrogen-bond acceptors (Lipinski definition) is 6. The first kappa shape index (κ1) is 76.2. The molecule has 1 amide bonds. The minimum absolute atomic E-state index is 0.0295. The van der Waals surface area contributed by atoms with Gasteiger partial charge in [-0.05, 0) is 83.1 Å². The van der Waals surface area contributed by atoms with E-state index in [1.165, 1.54) is 161 Å². The van der Waals surface area contributed by atoms with Crippen LogP contribution in [0.2, 0.25) is 0 Å². The number of ether oxygens (including phenoxy) is 1. The fraction of sp³-hybridized carbons (Fsp3) is 0.768. The second-order valence-electron chi connectivity index (χ2n) is 23.3. The first-order valence-electron chi connectivity index (χ1n) is 32.9. The summed E-state index contributed by atoms with van der Waals surface area (Å²) >= 11 is 0. The lowest BCUT2D eigenvalue weighted by Crippen LogP contribution is -2.47. The van der Waals surface area contributed by atoms with Crippen LogP contribution in [0.5, 0.6) is 0 Å². The van der Waals surface area contributed by atoms with Crippen molar-refractivity contribution in [2.75, 3.05) is 40.9 Å². The van der Waals surface area contributed by atoms with Crippen LogP contribution in [-0.2, 0) is 27.9 Å². The monoisotopic (exact) mass is 1130 g/mol. The quantitative estimate of drug-likeness (QED) is 0.0205. The summed E-state index contributed by atoms with van der Waals surface area (Å²) in [7, 11) is 1.47. The highest BCUT2D eigenvalue weighted by atomic mass is 31.2. The molecule has 0 aliphatic heterocycles. The third-order valence-corrected chi connectivity index (χ3v) is 15.3. The molecule has 79 heavy (non-hydrogen) atoms. The number of amides is 1. The van der Waals surface area contributed by atoms with Crippen LogP contribution in [0.3, 0.4) is 0 Å². The molecule has 0 aliphatic rings. The van der Waals surface area contributed by atoms with Crippen LogP contribution in [0.15, 0.2) is 85.1 Å². The number of nitrogens with one attached hydrogen (secondary N) is 1. The molecule has 3 atom stereocenters. The number of rotatable bonds is 59. The molecule has 458 valence electrons. The molecule has 9 nitrogen and oxygen atoms in total. The molecule has 2 N–H and O–H groups in total. The second-order valence-corrected chi connectivity index (χ2v) is 24.7. The summed E-state index contributed by atoms with van der Waals surface area (Å²) in [6.45, 7) is 6.89. The van der Waals surface area contributed by atoms with Gasteiger partial charge in [-0.25, -0.2) is 4.57 Å². The van der Waals surface area contributed by atoms with Crippen LogP contribution in [0.1, 0.15) is 290 Å². The minimum atomic E-state index is -4.47. The fourth-order valence-corrected chi connectivity index (χ4v) is 10.0. The van der Waals surface area contributed by atoms with Gasteiger partial charge >= 0.3 is 13.8 Å². The fourth-order valence-electron chi connectivity index (χ4n) is 9.30. The van der Waals surface area contributed by atoms with Gasteiger partial charge in [0, 0.05) is 12.8 Å². The maximum atomic E-state index is 13.6. The van der Waals surface area contributed by atoms with Crippen LogP contribution in [-0.4, -0.2) is 74.3 Å². The molecule has 3 unspecified atom stereocenters. The molecule has 0 rings (SSSR count). The highest BCUT2D eigenvalue weighted by Crippen LogP contribution is 2.43. The Morgan fingerprint density at radius 2 is 0.810 bits per heavy atom. The molecule has 0 saturated heterocycles. The molecule has 0 aromatic rings. The second kappa shape index (κ2) is 58.4. The Hall–Kier alpha value is -2.81. The molecule has 0 radical (unpaired) electrons. The first-order chi connectivity index (χ1) is 38.4. The zero-order valence-electron chi connectivity index (χ0n) is 52.3. The lowest BCUT2D eigenvalue weighted by Gasteiger charge is -2.27. The van der Waals surface area contributed by atoms with Gasteiger partial charge in [0.05, 0.1) is 33.8 Å². The van der Waals surface area contributed by atoms with Gasteiger partial charge in [-0.3, -0.25) is 18.6 Å². The third kappa shape index (κ3) is 59.6. The van der Waals surface area contributed by atoms with Crippen molar-refractivity contribution in [3.05, 3.63) is 85.1 Å². The van der Waals surface area contributed by atoms with E-state index >= 15 is 0 Å². The largest absolute Gasteiger partial charge is 0.472 e. The van der Waals surface area contributed by atoms with E-state index in [9.17, 15) is 19.0 Å². The molecule has 0 spiro atoms. The van der Waals surface area contributed by atoms with E-state index in [0.717, 1.165) is 89.9 Å². The van der Waals surface area contributed by atoms with Gasteiger partial charge in [0.2, 0.25) is 5.91 Å². The van der Waals surface area contributed by atoms with Crippen molar-refractivity contribution in [1.29, 1.82) is 0 Å². The number of nitrogens with zero attached hydrogens (tertiary/aromatic N) is 1. The molecule has 0 aliphatic carbocycles. The topological polar surface area (TPSA) is 111 Å². The maximum Gasteiger partial charge on any atom is 0.472 e. The molecule has 0 aromatic heterocycles. The maximum absolute atomic E-state index is 13.6. The van der Waals surface area contributed by atoms with Gasteiger partial charge in [0.1, 0.15) is 19.3 Å². The van der Waals surface area contributed by atoms with Crippen LogP contribution < -0.4 is 5.32 Å². The van der Waals surface area contributed by atoms with Crippen molar-refractivity contribution >= 4 is 19.7 Å². The number of carbonyl (C=O) groups is 2. The molecule has 0 fully saturated rings. The molecule has 0 heterocycles. The Bertz CT molecular complexity index is 1630. The Kier molecular flexibility index (Phi) is 56.3. The van der Waals surface area contributed by atoms with Gasteiger partial charge in [-0.1, -0.05) is 280 Å². The smallest absolute Gasteiger partial charge is 0.456 e. The summed E-state index contributed by atoms with van der Waals surface area (Å²) in [6.07, 6.45) is 77.3. The number of esters is 1. The van der Waals surface area contributed by atoms with Crippen molar-refractivity contribution in [3.8, 4) is 0 Å². The van der Waals surface area contributed by atoms with Crippen molar-refractivity contribution in [1.82, 2.24) is 5.32 Å². The zero-order valence-corrected chi connectivity index (χ0v) is 53.2. The standard InChI is InChI=1S/C69H125N2O7P/c1-7-10-13-16-19-22-25-28-30-32-34-35-37-38-40-43-46-49-52-55-58-61-68(72)70-66(65-77-79(74,75)76-64-63-71(4,5)6)67(60-57-54-51-48-45-42-27-24-21-18-15-12-9-3)78-69(73)62-59-56-53-50-47-44-41-39-36-33-31-29-26-23-20-17-14-11-8-2/h10,13,19,22,28,30,34-35,38,40,46,49,57,60,66-67H,7-9,11-12,14-18,20-21,23-27,29,31-33,36-37,39,41-45,47-48,50-56,58-59,61-65H2,1-6H3,(H-,70,72,74,75)/p+1/b13-10-,22-19-,30-28-,35-34-,40-38-,49-46-,60-57+. The predicted molar refractivity (Wildman–Crippen MR) is 341 cm³/mol. The van der Waals surface area contributed by atoms with E-state index < -0.39 is 20.0 Å². The van der Waals surface area contributed by atoms with Gasteiger partial charge in [-0.15, -0.1) is 0 Å². The van der Waals surface area contributed by atoms with Gasteiger partial charge in [0.15, 0.2) is 0 Å².